The molecule has 1 aromatic rings. The van der Waals surface area contributed by atoms with E-state index in [1.807, 2.05) is 12.1 Å². The van der Waals surface area contributed by atoms with Gasteiger partial charge in [0, 0.05) is 13.1 Å². The first kappa shape index (κ1) is 16.7. The summed E-state index contributed by atoms with van der Waals surface area (Å²) in [6.07, 6.45) is 4.70. The molecule has 3 nitrogen and oxygen atoms in total. The molecule has 1 heterocycles. The maximum absolute atomic E-state index is 11.9. The van der Waals surface area contributed by atoms with Crippen LogP contribution in [0.3, 0.4) is 0 Å². The minimum atomic E-state index is 0. The molecule has 0 bridgehead atoms. The van der Waals surface area contributed by atoms with Crippen molar-refractivity contribution in [3.8, 4) is 0 Å². The molecule has 2 rings (SSSR count). The fourth-order valence-electron chi connectivity index (χ4n) is 2.18. The number of benzene rings is 1. The predicted molar refractivity (Wildman–Crippen MR) is 85.4 cm³/mol. The van der Waals surface area contributed by atoms with Crippen molar-refractivity contribution in [1.82, 2.24) is 10.6 Å². The second-order valence-corrected chi connectivity index (χ2v) is 4.94. The topological polar surface area (TPSA) is 41.1 Å². The van der Waals surface area contributed by atoms with Crippen molar-refractivity contribution in [3.63, 3.8) is 0 Å². The lowest BCUT2D eigenvalue weighted by Gasteiger charge is -2.14. The van der Waals surface area contributed by atoms with E-state index in [-0.39, 0.29) is 18.3 Å². The van der Waals surface area contributed by atoms with Crippen LogP contribution in [0.25, 0.3) is 0 Å². The maximum Gasteiger partial charge on any atom is 0.224 e. The number of halogens is 1. The van der Waals surface area contributed by atoms with Crippen LogP contribution in [-0.2, 0) is 17.6 Å². The number of aryl methyl sites for hydroxylation is 1. The van der Waals surface area contributed by atoms with Crippen LogP contribution in [0.5, 0.6) is 0 Å². The summed E-state index contributed by atoms with van der Waals surface area (Å²) in [5.74, 6) is 0.101. The van der Waals surface area contributed by atoms with Gasteiger partial charge in [-0.3, -0.25) is 4.79 Å². The highest BCUT2D eigenvalue weighted by Gasteiger charge is 2.06. The third kappa shape index (κ3) is 5.35. The molecular weight excluding hydrogens is 272 g/mol. The van der Waals surface area contributed by atoms with Crippen LogP contribution in [0.15, 0.2) is 35.9 Å². The van der Waals surface area contributed by atoms with Crippen molar-refractivity contribution >= 4 is 18.3 Å². The molecule has 20 heavy (non-hydrogen) atoms. The van der Waals surface area contributed by atoms with Crippen molar-refractivity contribution in [2.24, 2.45) is 0 Å². The SMILES string of the molecule is CCc1ccc(CC(=O)NCC2=CCNCC2)cc1.Cl. The van der Waals surface area contributed by atoms with Crippen molar-refractivity contribution in [2.45, 2.75) is 26.2 Å². The lowest BCUT2D eigenvalue weighted by molar-refractivity contribution is -0.120. The Morgan fingerprint density at radius 2 is 1.95 bits per heavy atom. The van der Waals surface area contributed by atoms with Crippen molar-refractivity contribution in [2.75, 3.05) is 19.6 Å². The number of hydrogen-bond acceptors (Lipinski definition) is 2. The summed E-state index contributed by atoms with van der Waals surface area (Å²) in [6, 6.07) is 8.28. The maximum atomic E-state index is 11.9. The largest absolute Gasteiger partial charge is 0.352 e. The van der Waals surface area contributed by atoms with Gasteiger partial charge < -0.3 is 10.6 Å². The highest BCUT2D eigenvalue weighted by Crippen LogP contribution is 2.06. The summed E-state index contributed by atoms with van der Waals surface area (Å²) in [6.45, 7) is 4.76. The number of carbonyl (C=O) groups excluding carboxylic acids is 1. The van der Waals surface area contributed by atoms with Crippen LogP contribution >= 0.6 is 12.4 Å². The Morgan fingerprint density at radius 1 is 1.25 bits per heavy atom. The van der Waals surface area contributed by atoms with Crippen LogP contribution in [0.2, 0.25) is 0 Å². The standard InChI is InChI=1S/C16H22N2O.ClH/c1-2-13-3-5-14(6-4-13)11-16(19)18-12-15-7-9-17-10-8-15;/h3-7,17H,2,8-12H2,1H3,(H,18,19);1H. The summed E-state index contributed by atoms with van der Waals surface area (Å²) < 4.78 is 0. The van der Waals surface area contributed by atoms with Crippen molar-refractivity contribution in [1.29, 1.82) is 0 Å². The van der Waals surface area contributed by atoms with Gasteiger partial charge in [-0.1, -0.05) is 42.8 Å². The van der Waals surface area contributed by atoms with Crippen molar-refractivity contribution in [3.05, 3.63) is 47.0 Å². The van der Waals surface area contributed by atoms with Gasteiger partial charge in [0.1, 0.15) is 0 Å². The number of nitrogens with one attached hydrogen (secondary N) is 2. The van der Waals surface area contributed by atoms with E-state index in [4.69, 9.17) is 0 Å². The normalized spacial score (nSPS) is 14.2. The first-order chi connectivity index (χ1) is 9.28. The predicted octanol–water partition coefficient (Wildman–Crippen LogP) is 2.25. The van der Waals surface area contributed by atoms with E-state index in [0.29, 0.717) is 13.0 Å². The van der Waals surface area contributed by atoms with Gasteiger partial charge in [-0.2, -0.15) is 0 Å². The van der Waals surface area contributed by atoms with Crippen molar-refractivity contribution < 1.29 is 4.79 Å². The zero-order valence-corrected chi connectivity index (χ0v) is 12.8. The molecule has 0 spiro atoms. The fourth-order valence-corrected chi connectivity index (χ4v) is 2.18. The third-order valence-corrected chi connectivity index (χ3v) is 3.47. The fraction of sp³-hybridized carbons (Fsp3) is 0.438. The molecule has 0 radical (unpaired) electrons. The van der Waals surface area contributed by atoms with Crippen LogP contribution in [0.4, 0.5) is 0 Å². The smallest absolute Gasteiger partial charge is 0.224 e. The first-order valence-electron chi connectivity index (χ1n) is 7.01. The molecule has 1 aromatic carbocycles. The molecule has 0 aliphatic carbocycles. The molecule has 0 aromatic heterocycles. The van der Waals surface area contributed by atoms with Crippen LogP contribution in [0.1, 0.15) is 24.5 Å². The van der Waals surface area contributed by atoms with Gasteiger partial charge in [-0.05, 0) is 30.5 Å². The lowest BCUT2D eigenvalue weighted by Crippen LogP contribution is -2.30. The molecule has 2 N–H and O–H groups in total. The Morgan fingerprint density at radius 3 is 2.55 bits per heavy atom. The molecule has 1 aliphatic heterocycles. The first-order valence-corrected chi connectivity index (χ1v) is 7.01. The second-order valence-electron chi connectivity index (χ2n) is 4.94. The summed E-state index contributed by atoms with van der Waals surface area (Å²) in [5, 5.41) is 6.26. The zero-order valence-electron chi connectivity index (χ0n) is 11.9. The van der Waals surface area contributed by atoms with Gasteiger partial charge >= 0.3 is 0 Å². The van der Waals surface area contributed by atoms with E-state index in [1.54, 1.807) is 0 Å². The molecule has 1 aliphatic rings. The molecule has 1 amide bonds. The van der Waals surface area contributed by atoms with E-state index >= 15 is 0 Å². The number of rotatable bonds is 5. The Kier molecular flexibility index (Phi) is 7.34. The monoisotopic (exact) mass is 294 g/mol. The highest BCUT2D eigenvalue weighted by atomic mass is 35.5. The Bertz CT molecular complexity index is 454. The van der Waals surface area contributed by atoms with Gasteiger partial charge in [0.25, 0.3) is 0 Å². The van der Waals surface area contributed by atoms with E-state index < -0.39 is 0 Å². The average Bonchev–Trinajstić information content (AvgIpc) is 2.47. The third-order valence-electron chi connectivity index (χ3n) is 3.47. The van der Waals surface area contributed by atoms with E-state index in [1.165, 1.54) is 11.1 Å². The zero-order chi connectivity index (χ0) is 13.5. The lowest BCUT2D eigenvalue weighted by atomic mass is 10.1. The molecular formula is C16H23ClN2O. The molecule has 4 heteroatoms. The van der Waals surface area contributed by atoms with E-state index in [0.717, 1.165) is 31.5 Å². The molecule has 0 saturated carbocycles. The van der Waals surface area contributed by atoms with Gasteiger partial charge in [0.05, 0.1) is 6.42 Å². The Balaban J connectivity index is 0.00000200. The summed E-state index contributed by atoms with van der Waals surface area (Å²) in [7, 11) is 0. The van der Waals surface area contributed by atoms with Gasteiger partial charge in [0.2, 0.25) is 5.91 Å². The number of hydrogen-bond donors (Lipinski definition) is 2. The summed E-state index contributed by atoms with van der Waals surface area (Å²) in [4.78, 5) is 11.9. The Hall–Kier alpha value is -1.32. The van der Waals surface area contributed by atoms with E-state index in [9.17, 15) is 4.79 Å². The summed E-state index contributed by atoms with van der Waals surface area (Å²) >= 11 is 0. The molecule has 0 unspecified atom stereocenters. The minimum Gasteiger partial charge on any atom is -0.352 e. The minimum absolute atomic E-state index is 0. The number of carbonyl (C=O) groups is 1. The molecule has 110 valence electrons. The average molecular weight is 295 g/mol. The van der Waals surface area contributed by atoms with Crippen LogP contribution in [0, 0.1) is 0 Å². The molecule has 0 atom stereocenters. The molecule has 0 fully saturated rings. The van der Waals surface area contributed by atoms with E-state index in [2.05, 4.69) is 35.8 Å². The second kappa shape index (κ2) is 8.77. The Labute approximate surface area is 127 Å². The van der Waals surface area contributed by atoms with Crippen LogP contribution in [-0.4, -0.2) is 25.5 Å². The molecule has 0 saturated heterocycles. The van der Waals surface area contributed by atoms with Crippen LogP contribution < -0.4 is 10.6 Å². The quantitative estimate of drug-likeness (QED) is 0.818. The highest BCUT2D eigenvalue weighted by molar-refractivity contribution is 5.85. The van der Waals surface area contributed by atoms with Gasteiger partial charge in [0.15, 0.2) is 0 Å². The summed E-state index contributed by atoms with van der Waals surface area (Å²) in [5.41, 5.74) is 3.71. The van der Waals surface area contributed by atoms with Gasteiger partial charge in [-0.25, -0.2) is 0 Å². The number of amides is 1. The van der Waals surface area contributed by atoms with Gasteiger partial charge in [-0.15, -0.1) is 12.4 Å².